The standard InChI is InChI=1S/C14H12FN3O3/c15-10-1-2-11(13(19)20)12(7-10)18-14(21)17-8-9-3-5-16-6-4-9/h1-7H,8H2,(H,19,20)(H2,17,18,21). The number of benzene rings is 1. The van der Waals surface area contributed by atoms with Crippen LogP contribution in [0.1, 0.15) is 15.9 Å². The molecule has 2 aromatic rings. The molecular weight excluding hydrogens is 277 g/mol. The molecule has 108 valence electrons. The number of carboxylic acids is 1. The summed E-state index contributed by atoms with van der Waals surface area (Å²) in [7, 11) is 0. The molecule has 1 aromatic heterocycles. The summed E-state index contributed by atoms with van der Waals surface area (Å²) in [6, 6.07) is 5.89. The Morgan fingerprint density at radius 2 is 1.90 bits per heavy atom. The first kappa shape index (κ1) is 14.4. The van der Waals surface area contributed by atoms with E-state index >= 15 is 0 Å². The Balaban J connectivity index is 2.02. The van der Waals surface area contributed by atoms with Gasteiger partial charge in [-0.05, 0) is 35.9 Å². The van der Waals surface area contributed by atoms with Crippen LogP contribution in [0.4, 0.5) is 14.9 Å². The molecule has 0 radical (unpaired) electrons. The molecule has 7 heteroatoms. The van der Waals surface area contributed by atoms with Gasteiger partial charge in [0.2, 0.25) is 0 Å². The van der Waals surface area contributed by atoms with Crippen molar-refractivity contribution in [2.45, 2.75) is 6.54 Å². The number of nitrogens with zero attached hydrogens (tertiary/aromatic N) is 1. The first-order chi connectivity index (χ1) is 10.1. The number of carbonyl (C=O) groups is 2. The van der Waals surface area contributed by atoms with Crippen LogP contribution in [0.25, 0.3) is 0 Å². The summed E-state index contributed by atoms with van der Waals surface area (Å²) in [6.45, 7) is 0.242. The minimum Gasteiger partial charge on any atom is -0.478 e. The second-order valence-electron chi connectivity index (χ2n) is 4.16. The molecular formula is C14H12FN3O3. The van der Waals surface area contributed by atoms with Crippen LogP contribution in [0.5, 0.6) is 0 Å². The maximum atomic E-state index is 13.1. The van der Waals surface area contributed by atoms with Crippen LogP contribution in [0.2, 0.25) is 0 Å². The second kappa shape index (κ2) is 6.47. The van der Waals surface area contributed by atoms with Crippen LogP contribution in [-0.2, 0) is 6.54 Å². The third-order valence-electron chi connectivity index (χ3n) is 2.66. The van der Waals surface area contributed by atoms with Crippen molar-refractivity contribution in [1.29, 1.82) is 0 Å². The van der Waals surface area contributed by atoms with Gasteiger partial charge in [0.1, 0.15) is 5.82 Å². The molecule has 0 aliphatic heterocycles. The van der Waals surface area contributed by atoms with E-state index in [1.165, 1.54) is 0 Å². The van der Waals surface area contributed by atoms with E-state index in [0.717, 1.165) is 23.8 Å². The number of aromatic nitrogens is 1. The first-order valence-corrected chi connectivity index (χ1v) is 6.03. The fraction of sp³-hybridized carbons (Fsp3) is 0.0714. The van der Waals surface area contributed by atoms with E-state index in [1.54, 1.807) is 24.5 Å². The summed E-state index contributed by atoms with van der Waals surface area (Å²) in [6.07, 6.45) is 3.17. The number of halogens is 1. The number of hydrogen-bond donors (Lipinski definition) is 3. The summed E-state index contributed by atoms with van der Waals surface area (Å²) in [5.74, 6) is -1.89. The fourth-order valence-corrected chi connectivity index (χ4v) is 1.66. The van der Waals surface area contributed by atoms with E-state index in [9.17, 15) is 14.0 Å². The average Bonchev–Trinajstić information content (AvgIpc) is 2.46. The lowest BCUT2D eigenvalue weighted by Crippen LogP contribution is -2.29. The first-order valence-electron chi connectivity index (χ1n) is 6.03. The molecule has 0 aliphatic rings. The number of hydrogen-bond acceptors (Lipinski definition) is 3. The zero-order chi connectivity index (χ0) is 15.2. The average molecular weight is 289 g/mol. The van der Waals surface area contributed by atoms with Gasteiger partial charge < -0.3 is 15.7 Å². The number of rotatable bonds is 4. The van der Waals surface area contributed by atoms with Gasteiger partial charge in [0, 0.05) is 18.9 Å². The number of carboxylic acid groups (broad SMARTS) is 1. The predicted octanol–water partition coefficient (Wildman–Crippen LogP) is 2.24. The number of amides is 2. The maximum absolute atomic E-state index is 13.1. The van der Waals surface area contributed by atoms with Crippen LogP contribution in [0, 0.1) is 5.82 Å². The fourth-order valence-electron chi connectivity index (χ4n) is 1.66. The Hall–Kier alpha value is -2.96. The number of pyridine rings is 1. The van der Waals surface area contributed by atoms with Crippen LogP contribution in [0.3, 0.4) is 0 Å². The van der Waals surface area contributed by atoms with Gasteiger partial charge in [-0.25, -0.2) is 14.0 Å². The summed E-state index contributed by atoms with van der Waals surface area (Å²) in [5, 5.41) is 13.8. The quantitative estimate of drug-likeness (QED) is 0.805. The molecule has 21 heavy (non-hydrogen) atoms. The molecule has 0 atom stereocenters. The lowest BCUT2D eigenvalue weighted by atomic mass is 10.2. The van der Waals surface area contributed by atoms with Gasteiger partial charge >= 0.3 is 12.0 Å². The lowest BCUT2D eigenvalue weighted by molar-refractivity contribution is 0.0698. The normalized spacial score (nSPS) is 9.95. The van der Waals surface area contributed by atoms with Crippen molar-refractivity contribution in [1.82, 2.24) is 10.3 Å². The van der Waals surface area contributed by atoms with E-state index in [2.05, 4.69) is 15.6 Å². The SMILES string of the molecule is O=C(NCc1ccncc1)Nc1cc(F)ccc1C(=O)O. The van der Waals surface area contributed by atoms with Crippen molar-refractivity contribution in [3.05, 3.63) is 59.7 Å². The third-order valence-corrected chi connectivity index (χ3v) is 2.66. The van der Waals surface area contributed by atoms with E-state index in [-0.39, 0.29) is 17.8 Å². The molecule has 6 nitrogen and oxygen atoms in total. The molecule has 0 aliphatic carbocycles. The molecule has 0 saturated heterocycles. The third kappa shape index (κ3) is 4.00. The van der Waals surface area contributed by atoms with E-state index in [0.29, 0.717) is 0 Å². The molecule has 3 N–H and O–H groups in total. The highest BCUT2D eigenvalue weighted by Gasteiger charge is 2.13. The molecule has 0 unspecified atom stereocenters. The van der Waals surface area contributed by atoms with Crippen molar-refractivity contribution in [2.75, 3.05) is 5.32 Å². The van der Waals surface area contributed by atoms with E-state index < -0.39 is 17.8 Å². The van der Waals surface area contributed by atoms with E-state index in [1.807, 2.05) is 0 Å². The van der Waals surface area contributed by atoms with Gasteiger partial charge in [-0.1, -0.05) is 0 Å². The molecule has 2 amide bonds. The highest BCUT2D eigenvalue weighted by molar-refractivity contribution is 5.99. The van der Waals surface area contributed by atoms with Gasteiger partial charge in [-0.15, -0.1) is 0 Å². The molecule has 0 fully saturated rings. The van der Waals surface area contributed by atoms with E-state index in [4.69, 9.17) is 5.11 Å². The number of urea groups is 1. The largest absolute Gasteiger partial charge is 0.478 e. The minimum atomic E-state index is -1.25. The molecule has 0 saturated carbocycles. The van der Waals surface area contributed by atoms with Crippen LogP contribution in [-0.4, -0.2) is 22.1 Å². The summed E-state index contributed by atoms with van der Waals surface area (Å²) in [5.41, 5.74) is 0.544. The summed E-state index contributed by atoms with van der Waals surface area (Å²) < 4.78 is 13.1. The van der Waals surface area contributed by atoms with Crippen LogP contribution >= 0.6 is 0 Å². The topological polar surface area (TPSA) is 91.3 Å². The highest BCUT2D eigenvalue weighted by atomic mass is 19.1. The Bertz CT molecular complexity index is 662. The number of anilines is 1. The zero-order valence-corrected chi connectivity index (χ0v) is 10.8. The maximum Gasteiger partial charge on any atom is 0.337 e. The smallest absolute Gasteiger partial charge is 0.337 e. The van der Waals surface area contributed by atoms with Gasteiger partial charge in [0.05, 0.1) is 11.3 Å². The predicted molar refractivity (Wildman–Crippen MR) is 73.5 cm³/mol. The molecule has 0 bridgehead atoms. The van der Waals surface area contributed by atoms with Gasteiger partial charge in [0.25, 0.3) is 0 Å². The monoisotopic (exact) mass is 289 g/mol. The van der Waals surface area contributed by atoms with Crippen molar-refractivity contribution in [2.24, 2.45) is 0 Å². The second-order valence-corrected chi connectivity index (χ2v) is 4.16. The highest BCUT2D eigenvalue weighted by Crippen LogP contribution is 2.17. The minimum absolute atomic E-state index is 0.102. The lowest BCUT2D eigenvalue weighted by Gasteiger charge is -2.10. The molecule has 1 heterocycles. The van der Waals surface area contributed by atoms with Crippen molar-refractivity contribution >= 4 is 17.7 Å². The Morgan fingerprint density at radius 1 is 1.19 bits per heavy atom. The Kier molecular flexibility index (Phi) is 4.45. The van der Waals surface area contributed by atoms with Crippen molar-refractivity contribution < 1.29 is 19.1 Å². The number of nitrogens with one attached hydrogen (secondary N) is 2. The van der Waals surface area contributed by atoms with Crippen LogP contribution in [0.15, 0.2) is 42.7 Å². The van der Waals surface area contributed by atoms with Crippen molar-refractivity contribution in [3.8, 4) is 0 Å². The van der Waals surface area contributed by atoms with Gasteiger partial charge in [-0.2, -0.15) is 0 Å². The van der Waals surface area contributed by atoms with Crippen molar-refractivity contribution in [3.63, 3.8) is 0 Å². The number of aromatic carboxylic acids is 1. The zero-order valence-electron chi connectivity index (χ0n) is 10.8. The summed E-state index contributed by atoms with van der Waals surface area (Å²) >= 11 is 0. The van der Waals surface area contributed by atoms with Crippen LogP contribution < -0.4 is 10.6 Å². The number of carbonyl (C=O) groups excluding carboxylic acids is 1. The van der Waals surface area contributed by atoms with Gasteiger partial charge in [0.15, 0.2) is 0 Å². The Morgan fingerprint density at radius 3 is 2.57 bits per heavy atom. The molecule has 1 aromatic carbocycles. The van der Waals surface area contributed by atoms with Gasteiger partial charge in [-0.3, -0.25) is 4.98 Å². The molecule has 0 spiro atoms. The summed E-state index contributed by atoms with van der Waals surface area (Å²) in [4.78, 5) is 26.6. The Labute approximate surface area is 119 Å². The molecule has 2 rings (SSSR count).